The molecule has 0 aromatic heterocycles. The van der Waals surface area contributed by atoms with Crippen molar-refractivity contribution in [2.24, 2.45) is 0 Å². The highest BCUT2D eigenvalue weighted by atomic mass is 79.9. The summed E-state index contributed by atoms with van der Waals surface area (Å²) < 4.78 is 42.5. The quantitative estimate of drug-likeness (QED) is 0.453. The molecule has 0 aliphatic rings. The molecule has 0 atom stereocenters. The number of halogens is 4. The van der Waals surface area contributed by atoms with Gasteiger partial charge in [0.15, 0.2) is 0 Å². The SMILES string of the molecule is CCOC(=O)c1cc(C#N)cc(CBr)c1SC(F)(F)F. The van der Waals surface area contributed by atoms with E-state index in [1.165, 1.54) is 6.07 Å². The molecular weight excluding hydrogens is 359 g/mol. The maximum atomic E-state index is 12.6. The van der Waals surface area contributed by atoms with Crippen LogP contribution in [-0.4, -0.2) is 18.1 Å². The first-order valence-electron chi connectivity index (χ1n) is 5.38. The molecule has 1 aromatic carbocycles. The number of benzene rings is 1. The third kappa shape index (κ3) is 4.42. The number of hydrogen-bond acceptors (Lipinski definition) is 4. The van der Waals surface area contributed by atoms with E-state index < -0.39 is 11.5 Å². The van der Waals surface area contributed by atoms with Crippen LogP contribution >= 0.6 is 27.7 Å². The summed E-state index contributed by atoms with van der Waals surface area (Å²) in [6.45, 7) is 1.59. The van der Waals surface area contributed by atoms with E-state index >= 15 is 0 Å². The van der Waals surface area contributed by atoms with Gasteiger partial charge in [-0.3, -0.25) is 0 Å². The van der Waals surface area contributed by atoms with Crippen LogP contribution in [0.4, 0.5) is 13.2 Å². The van der Waals surface area contributed by atoms with Crippen molar-refractivity contribution in [3.63, 3.8) is 0 Å². The molecule has 108 valence electrons. The highest BCUT2D eigenvalue weighted by molar-refractivity contribution is 9.08. The van der Waals surface area contributed by atoms with Gasteiger partial charge in [0.05, 0.1) is 23.8 Å². The van der Waals surface area contributed by atoms with E-state index in [9.17, 15) is 18.0 Å². The standard InChI is InChI=1S/C12H9BrF3NO2S/c1-2-19-11(18)9-4-7(6-17)3-8(5-13)10(9)20-12(14,15)16/h3-4H,2,5H2,1H3. The molecule has 0 radical (unpaired) electrons. The van der Waals surface area contributed by atoms with Crippen LogP contribution in [0.25, 0.3) is 0 Å². The Morgan fingerprint density at radius 3 is 2.60 bits per heavy atom. The first kappa shape index (κ1) is 16.9. The van der Waals surface area contributed by atoms with E-state index in [4.69, 9.17) is 10.00 Å². The van der Waals surface area contributed by atoms with Crippen LogP contribution in [0.1, 0.15) is 28.4 Å². The molecule has 0 saturated heterocycles. The second-order valence-corrected chi connectivity index (χ2v) is 5.16. The van der Waals surface area contributed by atoms with Crippen LogP contribution in [0.2, 0.25) is 0 Å². The van der Waals surface area contributed by atoms with E-state index in [1.807, 2.05) is 6.07 Å². The fraction of sp³-hybridized carbons (Fsp3) is 0.333. The van der Waals surface area contributed by atoms with Crippen LogP contribution in [0, 0.1) is 11.3 Å². The number of alkyl halides is 4. The summed E-state index contributed by atoms with van der Waals surface area (Å²) in [4.78, 5) is 11.5. The first-order chi connectivity index (χ1) is 9.32. The van der Waals surface area contributed by atoms with Crippen molar-refractivity contribution < 1.29 is 22.7 Å². The Hall–Kier alpha value is -1.20. The zero-order valence-electron chi connectivity index (χ0n) is 10.3. The van der Waals surface area contributed by atoms with Gasteiger partial charge in [0.1, 0.15) is 0 Å². The van der Waals surface area contributed by atoms with Crippen LogP contribution in [-0.2, 0) is 10.1 Å². The lowest BCUT2D eigenvalue weighted by Crippen LogP contribution is -2.11. The van der Waals surface area contributed by atoms with Gasteiger partial charge < -0.3 is 4.74 Å². The van der Waals surface area contributed by atoms with Crippen molar-refractivity contribution >= 4 is 33.7 Å². The monoisotopic (exact) mass is 367 g/mol. The largest absolute Gasteiger partial charge is 0.462 e. The summed E-state index contributed by atoms with van der Waals surface area (Å²) in [6.07, 6.45) is 0. The Bertz CT molecular complexity index is 555. The van der Waals surface area contributed by atoms with Gasteiger partial charge in [0, 0.05) is 10.2 Å². The minimum atomic E-state index is -4.54. The first-order valence-corrected chi connectivity index (χ1v) is 7.32. The maximum Gasteiger partial charge on any atom is 0.446 e. The van der Waals surface area contributed by atoms with Gasteiger partial charge >= 0.3 is 11.5 Å². The van der Waals surface area contributed by atoms with Crippen molar-refractivity contribution in [1.29, 1.82) is 5.26 Å². The number of thioether (sulfide) groups is 1. The highest BCUT2D eigenvalue weighted by Crippen LogP contribution is 2.41. The molecule has 0 saturated carbocycles. The van der Waals surface area contributed by atoms with Gasteiger partial charge in [-0.15, -0.1) is 0 Å². The predicted octanol–water partition coefficient (Wildman–Crippen LogP) is 4.24. The number of hydrogen-bond donors (Lipinski definition) is 0. The van der Waals surface area contributed by atoms with Crippen LogP contribution in [0.5, 0.6) is 0 Å². The normalized spacial score (nSPS) is 11.0. The van der Waals surface area contributed by atoms with Gasteiger partial charge in [0.2, 0.25) is 0 Å². The molecule has 0 heterocycles. The molecule has 0 aliphatic heterocycles. The lowest BCUT2D eigenvalue weighted by atomic mass is 10.1. The minimum absolute atomic E-state index is 0.0371. The van der Waals surface area contributed by atoms with E-state index in [0.29, 0.717) is 0 Å². The number of carbonyl (C=O) groups excluding carboxylic acids is 1. The molecule has 0 bridgehead atoms. The van der Waals surface area contributed by atoms with Gasteiger partial charge in [-0.1, -0.05) is 15.9 Å². The summed E-state index contributed by atoms with van der Waals surface area (Å²) in [5.74, 6) is -0.876. The average molecular weight is 368 g/mol. The Morgan fingerprint density at radius 2 is 2.15 bits per heavy atom. The molecular formula is C12H9BrF3NO2S. The second-order valence-electron chi connectivity index (χ2n) is 3.53. The molecule has 20 heavy (non-hydrogen) atoms. The van der Waals surface area contributed by atoms with Crippen LogP contribution in [0.3, 0.4) is 0 Å². The van der Waals surface area contributed by atoms with Crippen molar-refractivity contribution in [2.75, 3.05) is 6.61 Å². The highest BCUT2D eigenvalue weighted by Gasteiger charge is 2.33. The van der Waals surface area contributed by atoms with Gasteiger partial charge in [-0.05, 0) is 36.4 Å². The molecule has 0 amide bonds. The molecule has 0 spiro atoms. The van der Waals surface area contributed by atoms with E-state index in [1.54, 1.807) is 6.92 Å². The Morgan fingerprint density at radius 1 is 1.50 bits per heavy atom. The Balaban J connectivity index is 3.43. The zero-order chi connectivity index (χ0) is 15.3. The number of nitrogens with zero attached hydrogens (tertiary/aromatic N) is 1. The third-order valence-electron chi connectivity index (χ3n) is 2.15. The molecule has 1 aromatic rings. The molecule has 0 fully saturated rings. The van der Waals surface area contributed by atoms with Gasteiger partial charge in [-0.2, -0.15) is 18.4 Å². The molecule has 3 nitrogen and oxygen atoms in total. The Kier molecular flexibility index (Phi) is 5.89. The summed E-state index contributed by atoms with van der Waals surface area (Å²) in [5, 5.41) is 8.96. The summed E-state index contributed by atoms with van der Waals surface area (Å²) in [5.41, 5.74) is -4.46. The van der Waals surface area contributed by atoms with Crippen molar-refractivity contribution in [2.45, 2.75) is 22.7 Å². The fourth-order valence-corrected chi connectivity index (χ4v) is 2.82. The second kappa shape index (κ2) is 6.99. The molecule has 0 aliphatic carbocycles. The van der Waals surface area contributed by atoms with Gasteiger partial charge in [-0.25, -0.2) is 4.79 Å². The third-order valence-corrected chi connectivity index (χ3v) is 3.67. The van der Waals surface area contributed by atoms with Crippen molar-refractivity contribution in [1.82, 2.24) is 0 Å². The molecule has 8 heteroatoms. The minimum Gasteiger partial charge on any atom is -0.462 e. The topological polar surface area (TPSA) is 50.1 Å². The van der Waals surface area contributed by atoms with E-state index in [2.05, 4.69) is 15.9 Å². The lowest BCUT2D eigenvalue weighted by molar-refractivity contribution is -0.0328. The average Bonchev–Trinajstić information content (AvgIpc) is 2.37. The van der Waals surface area contributed by atoms with Crippen molar-refractivity contribution in [3.05, 3.63) is 28.8 Å². The maximum absolute atomic E-state index is 12.6. The number of nitriles is 1. The molecule has 0 unspecified atom stereocenters. The number of carbonyl (C=O) groups is 1. The van der Waals surface area contributed by atoms with Crippen molar-refractivity contribution in [3.8, 4) is 6.07 Å². The number of rotatable bonds is 4. The predicted molar refractivity (Wildman–Crippen MR) is 71.7 cm³/mol. The number of ether oxygens (including phenoxy) is 1. The molecule has 1 rings (SSSR count). The summed E-state index contributed by atoms with van der Waals surface area (Å²) >= 11 is 2.67. The zero-order valence-corrected chi connectivity index (χ0v) is 12.7. The number of esters is 1. The lowest BCUT2D eigenvalue weighted by Gasteiger charge is -2.14. The Labute approximate surface area is 126 Å². The van der Waals surface area contributed by atoms with Crippen LogP contribution in [0.15, 0.2) is 17.0 Å². The van der Waals surface area contributed by atoms with E-state index in [-0.39, 0.29) is 45.3 Å². The molecule has 0 N–H and O–H groups in total. The van der Waals surface area contributed by atoms with Crippen LogP contribution < -0.4 is 0 Å². The van der Waals surface area contributed by atoms with Gasteiger partial charge in [0.25, 0.3) is 0 Å². The fourth-order valence-electron chi connectivity index (χ4n) is 1.45. The smallest absolute Gasteiger partial charge is 0.446 e. The van der Waals surface area contributed by atoms with E-state index in [0.717, 1.165) is 6.07 Å². The summed E-state index contributed by atoms with van der Waals surface area (Å²) in [6, 6.07) is 4.23. The summed E-state index contributed by atoms with van der Waals surface area (Å²) in [7, 11) is 0.